The molecular formula is C19H22O3. The summed E-state index contributed by atoms with van der Waals surface area (Å²) in [6, 6.07) is 9.81. The van der Waals surface area contributed by atoms with Crippen molar-refractivity contribution in [3.05, 3.63) is 65.5 Å². The van der Waals surface area contributed by atoms with Gasteiger partial charge in [-0.3, -0.25) is 4.79 Å². The van der Waals surface area contributed by atoms with Gasteiger partial charge in [0.15, 0.2) is 0 Å². The predicted molar refractivity (Wildman–Crippen MR) is 87.8 cm³/mol. The van der Waals surface area contributed by atoms with E-state index in [1.54, 1.807) is 6.08 Å². The first-order chi connectivity index (χ1) is 10.4. The summed E-state index contributed by atoms with van der Waals surface area (Å²) in [6.07, 6.45) is 6.21. The Kier molecular flexibility index (Phi) is 4.99. The van der Waals surface area contributed by atoms with Crippen LogP contribution >= 0.6 is 0 Å². The van der Waals surface area contributed by atoms with Crippen LogP contribution in [0.1, 0.15) is 32.8 Å². The molecule has 0 spiro atoms. The van der Waals surface area contributed by atoms with Gasteiger partial charge in [0, 0.05) is 5.57 Å². The summed E-state index contributed by atoms with van der Waals surface area (Å²) in [5.74, 6) is 0.246. The fraction of sp³-hybridized carbons (Fsp3) is 0.316. The minimum Gasteiger partial charge on any atom is -0.425 e. The molecule has 0 amide bonds. The SMILES string of the molecule is CC(C)(C)C(=O)OC1=CC=C(CO)CC=C1c1ccccc1. The predicted octanol–water partition coefficient (Wildman–Crippen LogP) is 3.87. The van der Waals surface area contributed by atoms with Crippen molar-refractivity contribution in [2.45, 2.75) is 27.2 Å². The van der Waals surface area contributed by atoms with Crippen LogP contribution in [-0.4, -0.2) is 17.7 Å². The van der Waals surface area contributed by atoms with E-state index in [9.17, 15) is 9.90 Å². The molecule has 0 unspecified atom stereocenters. The van der Waals surface area contributed by atoms with Gasteiger partial charge in [-0.25, -0.2) is 0 Å². The lowest BCUT2D eigenvalue weighted by atomic mass is 9.97. The van der Waals surface area contributed by atoms with Crippen molar-refractivity contribution in [2.24, 2.45) is 5.41 Å². The fourth-order valence-electron chi connectivity index (χ4n) is 2.02. The zero-order chi connectivity index (χ0) is 16.2. The molecule has 0 bridgehead atoms. The highest BCUT2D eigenvalue weighted by Gasteiger charge is 2.26. The third-order valence-electron chi connectivity index (χ3n) is 3.41. The van der Waals surface area contributed by atoms with Crippen molar-refractivity contribution in [2.75, 3.05) is 6.61 Å². The molecule has 3 nitrogen and oxygen atoms in total. The average molecular weight is 298 g/mol. The second-order valence-electron chi connectivity index (χ2n) is 6.34. The number of hydrogen-bond donors (Lipinski definition) is 1. The molecular weight excluding hydrogens is 276 g/mol. The maximum Gasteiger partial charge on any atom is 0.316 e. The molecule has 1 aromatic rings. The first-order valence-corrected chi connectivity index (χ1v) is 7.40. The van der Waals surface area contributed by atoms with Gasteiger partial charge in [-0.15, -0.1) is 0 Å². The minimum atomic E-state index is -0.571. The van der Waals surface area contributed by atoms with Gasteiger partial charge in [-0.1, -0.05) is 42.5 Å². The van der Waals surface area contributed by atoms with E-state index in [0.717, 1.165) is 16.7 Å². The summed E-state index contributed by atoms with van der Waals surface area (Å²) in [6.45, 7) is 5.48. The molecule has 0 saturated heterocycles. The van der Waals surface area contributed by atoms with Crippen LogP contribution in [0.15, 0.2) is 59.9 Å². The fourth-order valence-corrected chi connectivity index (χ4v) is 2.02. The van der Waals surface area contributed by atoms with Crippen LogP contribution < -0.4 is 0 Å². The van der Waals surface area contributed by atoms with E-state index < -0.39 is 5.41 Å². The number of hydrogen-bond acceptors (Lipinski definition) is 3. The molecule has 0 aromatic heterocycles. The second kappa shape index (κ2) is 6.75. The molecule has 2 rings (SSSR count). The Hall–Kier alpha value is -2.13. The van der Waals surface area contributed by atoms with Gasteiger partial charge in [0.2, 0.25) is 0 Å². The Balaban J connectivity index is 2.37. The van der Waals surface area contributed by atoms with Crippen molar-refractivity contribution < 1.29 is 14.6 Å². The lowest BCUT2D eigenvalue weighted by Crippen LogP contribution is -2.23. The van der Waals surface area contributed by atoms with E-state index in [1.165, 1.54) is 0 Å². The quantitative estimate of drug-likeness (QED) is 0.862. The first kappa shape index (κ1) is 16.2. The standard InChI is InChI=1S/C19H22O3/c1-19(2,3)18(21)22-17-12-10-14(13-20)9-11-16(17)15-7-5-4-6-8-15/h4-8,10-12,20H,9,13H2,1-3H3. The van der Waals surface area contributed by atoms with Crippen molar-refractivity contribution >= 4 is 11.5 Å². The van der Waals surface area contributed by atoms with E-state index >= 15 is 0 Å². The van der Waals surface area contributed by atoms with Crippen LogP contribution in [0.5, 0.6) is 0 Å². The molecule has 3 heteroatoms. The van der Waals surface area contributed by atoms with Gasteiger partial charge in [-0.2, -0.15) is 0 Å². The molecule has 116 valence electrons. The maximum atomic E-state index is 12.2. The lowest BCUT2D eigenvalue weighted by molar-refractivity contribution is -0.147. The van der Waals surface area contributed by atoms with Crippen LogP contribution in [-0.2, 0) is 9.53 Å². The van der Waals surface area contributed by atoms with Crippen LogP contribution in [0.3, 0.4) is 0 Å². The molecule has 0 heterocycles. The summed E-state index contributed by atoms with van der Waals surface area (Å²) >= 11 is 0. The molecule has 0 atom stereocenters. The van der Waals surface area contributed by atoms with Crippen molar-refractivity contribution in [1.82, 2.24) is 0 Å². The molecule has 1 aliphatic rings. The van der Waals surface area contributed by atoms with Gasteiger partial charge >= 0.3 is 5.97 Å². The summed E-state index contributed by atoms with van der Waals surface area (Å²) in [5.41, 5.74) is 2.18. The Morgan fingerprint density at radius 1 is 1.18 bits per heavy atom. The Morgan fingerprint density at radius 2 is 1.86 bits per heavy atom. The summed E-state index contributed by atoms with van der Waals surface area (Å²) in [4.78, 5) is 12.2. The number of carbonyl (C=O) groups is 1. The van der Waals surface area contributed by atoms with Gasteiger partial charge in [0.25, 0.3) is 0 Å². The number of carbonyl (C=O) groups excluding carboxylic acids is 1. The van der Waals surface area contributed by atoms with E-state index in [0.29, 0.717) is 12.2 Å². The number of esters is 1. The number of rotatable bonds is 3. The van der Waals surface area contributed by atoms with Gasteiger partial charge in [0.05, 0.1) is 12.0 Å². The number of allylic oxidation sites excluding steroid dienone is 4. The van der Waals surface area contributed by atoms with Crippen LogP contribution in [0.4, 0.5) is 0 Å². The minimum absolute atomic E-state index is 0.00440. The lowest BCUT2D eigenvalue weighted by Gasteiger charge is -2.19. The Morgan fingerprint density at radius 3 is 2.45 bits per heavy atom. The highest BCUT2D eigenvalue weighted by atomic mass is 16.5. The van der Waals surface area contributed by atoms with Crippen molar-refractivity contribution in [3.8, 4) is 0 Å². The molecule has 0 aliphatic heterocycles. The third-order valence-corrected chi connectivity index (χ3v) is 3.41. The topological polar surface area (TPSA) is 46.5 Å². The smallest absolute Gasteiger partial charge is 0.316 e. The molecule has 1 aliphatic carbocycles. The number of ether oxygens (including phenoxy) is 1. The number of aliphatic hydroxyl groups excluding tert-OH is 1. The first-order valence-electron chi connectivity index (χ1n) is 7.40. The Bertz CT molecular complexity index is 628. The average Bonchev–Trinajstić information content (AvgIpc) is 2.69. The summed E-state index contributed by atoms with van der Waals surface area (Å²) in [7, 11) is 0. The van der Waals surface area contributed by atoms with Crippen LogP contribution in [0.25, 0.3) is 5.57 Å². The highest BCUT2D eigenvalue weighted by molar-refractivity contribution is 5.84. The zero-order valence-electron chi connectivity index (χ0n) is 13.3. The van der Waals surface area contributed by atoms with E-state index in [-0.39, 0.29) is 12.6 Å². The Labute approximate surface area is 131 Å². The van der Waals surface area contributed by atoms with Crippen LogP contribution in [0.2, 0.25) is 0 Å². The molecule has 0 saturated carbocycles. The van der Waals surface area contributed by atoms with E-state index in [4.69, 9.17) is 4.74 Å². The number of aliphatic hydroxyl groups is 1. The second-order valence-corrected chi connectivity index (χ2v) is 6.34. The molecule has 0 radical (unpaired) electrons. The van der Waals surface area contributed by atoms with Crippen molar-refractivity contribution in [3.63, 3.8) is 0 Å². The van der Waals surface area contributed by atoms with Crippen molar-refractivity contribution in [1.29, 1.82) is 0 Å². The zero-order valence-corrected chi connectivity index (χ0v) is 13.3. The molecule has 0 fully saturated rings. The highest BCUT2D eigenvalue weighted by Crippen LogP contribution is 2.30. The molecule has 1 aromatic carbocycles. The molecule has 1 N–H and O–H groups in total. The van der Waals surface area contributed by atoms with E-state index in [1.807, 2.05) is 63.3 Å². The van der Waals surface area contributed by atoms with Gasteiger partial charge in [0.1, 0.15) is 5.76 Å². The largest absolute Gasteiger partial charge is 0.425 e. The van der Waals surface area contributed by atoms with Crippen LogP contribution in [0, 0.1) is 5.41 Å². The maximum absolute atomic E-state index is 12.2. The van der Waals surface area contributed by atoms with Gasteiger partial charge < -0.3 is 9.84 Å². The summed E-state index contributed by atoms with van der Waals surface area (Å²) in [5, 5.41) is 9.34. The summed E-state index contributed by atoms with van der Waals surface area (Å²) < 4.78 is 5.62. The monoisotopic (exact) mass is 298 g/mol. The van der Waals surface area contributed by atoms with E-state index in [2.05, 4.69) is 0 Å². The number of benzene rings is 1. The normalized spacial score (nSPS) is 15.4. The third kappa shape index (κ3) is 3.95. The van der Waals surface area contributed by atoms with Gasteiger partial charge in [-0.05, 0) is 44.4 Å². The molecule has 22 heavy (non-hydrogen) atoms.